The number of carbonyl (C=O) groups excluding carboxylic acids is 1. The van der Waals surface area contributed by atoms with Crippen LogP contribution in [-0.2, 0) is 26.1 Å². The number of oxime groups is 1. The molecule has 1 aliphatic carbocycles. The molecule has 1 unspecified atom stereocenters. The third-order valence-electron chi connectivity index (χ3n) is 8.36. The topological polar surface area (TPSA) is 80.6 Å². The Bertz CT molecular complexity index is 1140. The highest BCUT2D eigenvalue weighted by molar-refractivity contribution is 6.02. The van der Waals surface area contributed by atoms with Gasteiger partial charge in [0, 0.05) is 36.7 Å². The molecule has 0 bridgehead atoms. The summed E-state index contributed by atoms with van der Waals surface area (Å²) < 4.78 is 16.8. The lowest BCUT2D eigenvalue weighted by molar-refractivity contribution is -0.156. The maximum Gasteiger partial charge on any atom is 0.335 e. The van der Waals surface area contributed by atoms with Gasteiger partial charge in [-0.3, -0.25) is 0 Å². The maximum absolute atomic E-state index is 12.2. The Morgan fingerprint density at radius 2 is 1.82 bits per heavy atom. The Labute approximate surface area is 239 Å². The molecule has 0 saturated heterocycles. The summed E-state index contributed by atoms with van der Waals surface area (Å²) in [5, 5.41) is 13.7. The molecule has 0 aromatic heterocycles. The number of ether oxygens (including phenoxy) is 3. The van der Waals surface area contributed by atoms with E-state index in [4.69, 9.17) is 14.2 Å². The van der Waals surface area contributed by atoms with E-state index in [-0.39, 0.29) is 11.4 Å². The molecule has 1 atom stereocenters. The molecule has 0 spiro atoms. The molecule has 40 heavy (non-hydrogen) atoms. The van der Waals surface area contributed by atoms with E-state index in [2.05, 4.69) is 42.1 Å². The van der Waals surface area contributed by atoms with Gasteiger partial charge in [0.15, 0.2) is 6.10 Å². The zero-order valence-electron chi connectivity index (χ0n) is 24.7. The molecule has 2 aliphatic rings. The molecule has 1 fully saturated rings. The summed E-state index contributed by atoms with van der Waals surface area (Å²) in [6.07, 6.45) is 6.81. The summed E-state index contributed by atoms with van der Waals surface area (Å²) in [5.74, 6) is 0.822. The zero-order chi connectivity index (χ0) is 28.5. The second-order valence-corrected chi connectivity index (χ2v) is 11.6. The molecule has 218 valence electrons. The number of rotatable bonds is 12. The van der Waals surface area contributed by atoms with E-state index in [1.165, 1.54) is 30.5 Å². The molecule has 7 heteroatoms. The Balaban J connectivity index is 1.38. The van der Waals surface area contributed by atoms with Crippen LogP contribution in [0.1, 0.15) is 82.9 Å². The van der Waals surface area contributed by atoms with E-state index in [0.717, 1.165) is 54.9 Å². The van der Waals surface area contributed by atoms with Gasteiger partial charge in [0.05, 0.1) is 18.9 Å². The van der Waals surface area contributed by atoms with Crippen LogP contribution >= 0.6 is 0 Å². The quantitative estimate of drug-likeness (QED) is 0.140. The van der Waals surface area contributed by atoms with E-state index in [9.17, 15) is 10.0 Å². The standard InChI is InChI=1S/C33H46N2O5/c1-5-38-30(32(36)39-6-2)22-24-12-15-27(16-13-24)40-21-20-35-19-18-33(3,4)28-23-26(14-17-29(28)35)31(34-37)25-10-8-7-9-11-25/h12-17,23,25,30,37H,5-11,18-22H2,1-4H3/b34-31-. The van der Waals surface area contributed by atoms with E-state index >= 15 is 0 Å². The van der Waals surface area contributed by atoms with Crippen LogP contribution in [-0.4, -0.2) is 55.9 Å². The molecule has 7 nitrogen and oxygen atoms in total. The van der Waals surface area contributed by atoms with Crippen molar-refractivity contribution in [1.82, 2.24) is 0 Å². The van der Waals surface area contributed by atoms with E-state index in [1.807, 2.05) is 31.2 Å². The summed E-state index contributed by atoms with van der Waals surface area (Å²) in [7, 11) is 0. The Morgan fingerprint density at radius 3 is 2.50 bits per heavy atom. The first-order valence-corrected chi connectivity index (χ1v) is 15.0. The van der Waals surface area contributed by atoms with Crippen LogP contribution in [0.15, 0.2) is 47.6 Å². The number of fused-ring (bicyclic) bond motifs is 1. The van der Waals surface area contributed by atoms with Gasteiger partial charge in [0.1, 0.15) is 12.4 Å². The molecule has 2 aromatic rings. The summed E-state index contributed by atoms with van der Waals surface area (Å²) >= 11 is 0. The van der Waals surface area contributed by atoms with Gasteiger partial charge in [0.2, 0.25) is 0 Å². The number of hydrogen-bond acceptors (Lipinski definition) is 7. The predicted octanol–water partition coefficient (Wildman–Crippen LogP) is 6.52. The average Bonchev–Trinajstić information content (AvgIpc) is 2.96. The van der Waals surface area contributed by atoms with Gasteiger partial charge in [-0.15, -0.1) is 0 Å². The van der Waals surface area contributed by atoms with Crippen LogP contribution in [0.4, 0.5) is 5.69 Å². The molecule has 0 radical (unpaired) electrons. The molecule has 0 amide bonds. The predicted molar refractivity (Wildman–Crippen MR) is 159 cm³/mol. The average molecular weight is 551 g/mol. The third-order valence-corrected chi connectivity index (χ3v) is 8.36. The molecule has 1 aliphatic heterocycles. The fraction of sp³-hybridized carbons (Fsp3) is 0.576. The minimum Gasteiger partial charge on any atom is -0.492 e. The zero-order valence-corrected chi connectivity index (χ0v) is 24.7. The van der Waals surface area contributed by atoms with Crippen LogP contribution in [0.25, 0.3) is 0 Å². The number of anilines is 1. The second-order valence-electron chi connectivity index (χ2n) is 11.6. The highest BCUT2D eigenvalue weighted by Gasteiger charge is 2.32. The van der Waals surface area contributed by atoms with Crippen LogP contribution in [0.2, 0.25) is 0 Å². The highest BCUT2D eigenvalue weighted by atomic mass is 16.6. The molecular formula is C33H46N2O5. The van der Waals surface area contributed by atoms with Gasteiger partial charge in [-0.25, -0.2) is 4.79 Å². The lowest BCUT2D eigenvalue weighted by atomic mass is 9.75. The first-order valence-electron chi connectivity index (χ1n) is 15.0. The van der Waals surface area contributed by atoms with Crippen molar-refractivity contribution < 1.29 is 24.2 Å². The van der Waals surface area contributed by atoms with Crippen molar-refractivity contribution >= 4 is 17.4 Å². The van der Waals surface area contributed by atoms with Gasteiger partial charge in [-0.1, -0.05) is 56.5 Å². The molecule has 2 aromatic carbocycles. The monoisotopic (exact) mass is 550 g/mol. The molecule has 1 saturated carbocycles. The summed E-state index contributed by atoms with van der Waals surface area (Å²) in [6, 6.07) is 14.4. The number of benzene rings is 2. The molecular weight excluding hydrogens is 504 g/mol. The largest absolute Gasteiger partial charge is 0.492 e. The fourth-order valence-electron chi connectivity index (χ4n) is 6.02. The molecule has 1 N–H and O–H groups in total. The number of esters is 1. The lowest BCUT2D eigenvalue weighted by Crippen LogP contribution is -2.39. The minimum atomic E-state index is -0.594. The van der Waals surface area contributed by atoms with Gasteiger partial charge >= 0.3 is 5.97 Å². The SMILES string of the molecule is CCOC(=O)C(Cc1ccc(OCCN2CCC(C)(C)c3cc(/C(=N\O)C4CCCCC4)ccc32)cc1)OCC. The van der Waals surface area contributed by atoms with E-state index in [1.54, 1.807) is 6.92 Å². The van der Waals surface area contributed by atoms with Crippen molar-refractivity contribution in [3.63, 3.8) is 0 Å². The fourth-order valence-corrected chi connectivity index (χ4v) is 6.02. The summed E-state index contributed by atoms with van der Waals surface area (Å²) in [6.45, 7) is 11.4. The molecule has 1 heterocycles. The van der Waals surface area contributed by atoms with Crippen molar-refractivity contribution in [1.29, 1.82) is 0 Å². The highest BCUT2D eigenvalue weighted by Crippen LogP contribution is 2.41. The number of nitrogens with zero attached hydrogens (tertiary/aromatic N) is 2. The number of hydrogen-bond donors (Lipinski definition) is 1. The van der Waals surface area contributed by atoms with E-state index < -0.39 is 6.10 Å². The third kappa shape index (κ3) is 7.36. The van der Waals surface area contributed by atoms with Gasteiger partial charge in [-0.2, -0.15) is 0 Å². The normalized spacial score (nSPS) is 18.2. The van der Waals surface area contributed by atoms with Crippen molar-refractivity contribution in [3.8, 4) is 5.75 Å². The first kappa shape index (κ1) is 29.9. The van der Waals surface area contributed by atoms with Crippen LogP contribution in [0.3, 0.4) is 0 Å². The smallest absolute Gasteiger partial charge is 0.335 e. The van der Waals surface area contributed by atoms with Crippen molar-refractivity contribution in [2.75, 3.05) is 37.8 Å². The van der Waals surface area contributed by atoms with Crippen LogP contribution in [0, 0.1) is 5.92 Å². The second kappa shape index (κ2) is 14.0. The lowest BCUT2D eigenvalue weighted by Gasteiger charge is -2.40. The van der Waals surface area contributed by atoms with Crippen LogP contribution in [0.5, 0.6) is 5.75 Å². The summed E-state index contributed by atoms with van der Waals surface area (Å²) in [4.78, 5) is 14.6. The van der Waals surface area contributed by atoms with Crippen molar-refractivity contribution in [2.24, 2.45) is 11.1 Å². The first-order chi connectivity index (χ1) is 19.4. The summed E-state index contributed by atoms with van der Waals surface area (Å²) in [5.41, 5.74) is 5.49. The van der Waals surface area contributed by atoms with Gasteiger partial charge < -0.3 is 24.3 Å². The Kier molecular flexibility index (Phi) is 10.5. The van der Waals surface area contributed by atoms with Crippen LogP contribution < -0.4 is 9.64 Å². The van der Waals surface area contributed by atoms with Gasteiger partial charge in [0.25, 0.3) is 0 Å². The number of carbonyl (C=O) groups is 1. The van der Waals surface area contributed by atoms with Crippen molar-refractivity contribution in [3.05, 3.63) is 59.2 Å². The minimum absolute atomic E-state index is 0.0502. The molecule has 4 rings (SSSR count). The Morgan fingerprint density at radius 1 is 1.07 bits per heavy atom. The maximum atomic E-state index is 12.2. The Hall–Kier alpha value is -3.06. The van der Waals surface area contributed by atoms with Crippen molar-refractivity contribution in [2.45, 2.75) is 84.2 Å². The van der Waals surface area contributed by atoms with Gasteiger partial charge in [-0.05, 0) is 73.9 Å². The van der Waals surface area contributed by atoms with E-state index in [0.29, 0.717) is 32.2 Å².